The van der Waals surface area contributed by atoms with E-state index in [2.05, 4.69) is 10.2 Å². The second-order valence-electron chi connectivity index (χ2n) is 1.85. The molecule has 0 fully saturated rings. The molecule has 1 rings (SSSR count). The minimum absolute atomic E-state index is 0.972. The largest absolute Gasteiger partial charge is 0.160 e. The molecule has 0 radical (unpaired) electrons. The predicted octanol–water partition coefficient (Wildman–Crippen LogP) is 1.23. The molecular weight excluding hydrogens is 88.1 g/mol. The Morgan fingerprint density at radius 2 is 1.57 bits per heavy atom. The molecule has 0 bridgehead atoms. The van der Waals surface area contributed by atoms with Gasteiger partial charge in [0.25, 0.3) is 0 Å². The molecule has 1 aliphatic heterocycles. The van der Waals surface area contributed by atoms with Gasteiger partial charge in [-0.15, -0.1) is 0 Å². The zero-order valence-electron chi connectivity index (χ0n) is 4.60. The van der Waals surface area contributed by atoms with Crippen molar-refractivity contribution in [2.45, 2.75) is 20.3 Å². The van der Waals surface area contributed by atoms with Crippen LogP contribution in [0.15, 0.2) is 10.2 Å². The summed E-state index contributed by atoms with van der Waals surface area (Å²) in [6.45, 7) is 3.97. The van der Waals surface area contributed by atoms with Crippen LogP contribution in [0.25, 0.3) is 0 Å². The Morgan fingerprint density at radius 1 is 1.14 bits per heavy atom. The van der Waals surface area contributed by atoms with E-state index in [1.807, 2.05) is 13.8 Å². The van der Waals surface area contributed by atoms with Gasteiger partial charge in [0.15, 0.2) is 0 Å². The zero-order chi connectivity index (χ0) is 5.28. The number of nitrogens with zero attached hydrogens (tertiary/aromatic N) is 2. The Bertz CT molecular complexity index is 117. The van der Waals surface area contributed by atoms with E-state index in [9.17, 15) is 0 Å². The minimum atomic E-state index is 0.972. The maximum Gasteiger partial charge on any atom is 0.0431 e. The lowest BCUT2D eigenvalue weighted by atomic mass is 10.2. The first-order chi connectivity index (χ1) is 3.29. The molecule has 0 aliphatic carbocycles. The van der Waals surface area contributed by atoms with Crippen LogP contribution in [0.3, 0.4) is 0 Å². The normalized spacial score (nSPS) is 19.1. The van der Waals surface area contributed by atoms with Crippen molar-refractivity contribution < 1.29 is 0 Å². The standard InChI is InChI=1S/C5H8N2/c1-4-3-5(2)7-6-4/h3H2,1-2H3. The van der Waals surface area contributed by atoms with Crippen LogP contribution < -0.4 is 0 Å². The first-order valence-electron chi connectivity index (χ1n) is 2.35. The van der Waals surface area contributed by atoms with Crippen molar-refractivity contribution >= 4 is 11.4 Å². The second kappa shape index (κ2) is 1.45. The van der Waals surface area contributed by atoms with Crippen LogP contribution in [0, 0.1) is 0 Å². The second-order valence-corrected chi connectivity index (χ2v) is 1.85. The summed E-state index contributed by atoms with van der Waals surface area (Å²) in [6, 6.07) is 0. The minimum Gasteiger partial charge on any atom is -0.160 e. The molecule has 0 atom stereocenters. The van der Waals surface area contributed by atoms with Gasteiger partial charge in [0.1, 0.15) is 0 Å². The lowest BCUT2D eigenvalue weighted by molar-refractivity contribution is 1.26. The van der Waals surface area contributed by atoms with Crippen molar-refractivity contribution in [2.24, 2.45) is 10.2 Å². The zero-order valence-corrected chi connectivity index (χ0v) is 4.60. The molecule has 2 heteroatoms. The van der Waals surface area contributed by atoms with Crippen molar-refractivity contribution in [1.82, 2.24) is 0 Å². The monoisotopic (exact) mass is 96.1 g/mol. The molecule has 0 unspecified atom stereocenters. The van der Waals surface area contributed by atoms with Gasteiger partial charge >= 0.3 is 0 Å². The van der Waals surface area contributed by atoms with Crippen LogP contribution in [-0.4, -0.2) is 11.4 Å². The van der Waals surface area contributed by atoms with E-state index in [1.54, 1.807) is 0 Å². The fraction of sp³-hybridized carbons (Fsp3) is 0.600. The third-order valence-corrected chi connectivity index (χ3v) is 0.903. The summed E-state index contributed by atoms with van der Waals surface area (Å²) in [4.78, 5) is 0. The van der Waals surface area contributed by atoms with Gasteiger partial charge < -0.3 is 0 Å². The molecule has 7 heavy (non-hydrogen) atoms. The predicted molar refractivity (Wildman–Crippen MR) is 30.8 cm³/mol. The van der Waals surface area contributed by atoms with Gasteiger partial charge in [0.2, 0.25) is 0 Å². The summed E-state index contributed by atoms with van der Waals surface area (Å²) >= 11 is 0. The van der Waals surface area contributed by atoms with Gasteiger partial charge in [-0.2, -0.15) is 10.2 Å². The first kappa shape index (κ1) is 4.50. The van der Waals surface area contributed by atoms with Crippen LogP contribution >= 0.6 is 0 Å². The van der Waals surface area contributed by atoms with E-state index >= 15 is 0 Å². The molecular formula is C5H8N2. The maximum atomic E-state index is 3.82. The van der Waals surface area contributed by atoms with Gasteiger partial charge in [-0.05, 0) is 13.8 Å². The molecule has 0 aromatic heterocycles. The molecule has 0 aromatic carbocycles. The summed E-state index contributed by atoms with van der Waals surface area (Å²) in [6.07, 6.45) is 0.972. The van der Waals surface area contributed by atoms with Crippen LogP contribution in [0.4, 0.5) is 0 Å². The number of rotatable bonds is 0. The fourth-order valence-corrected chi connectivity index (χ4v) is 0.612. The van der Waals surface area contributed by atoms with E-state index in [0.717, 1.165) is 17.8 Å². The Morgan fingerprint density at radius 3 is 1.71 bits per heavy atom. The Hall–Kier alpha value is -0.660. The van der Waals surface area contributed by atoms with Crippen LogP contribution in [0.5, 0.6) is 0 Å². The quantitative estimate of drug-likeness (QED) is 0.433. The molecule has 0 aromatic rings. The number of hydrogen-bond acceptors (Lipinski definition) is 2. The van der Waals surface area contributed by atoms with Crippen molar-refractivity contribution in [1.29, 1.82) is 0 Å². The summed E-state index contributed by atoms with van der Waals surface area (Å²) in [5, 5.41) is 7.64. The highest BCUT2D eigenvalue weighted by molar-refractivity contribution is 6.05. The van der Waals surface area contributed by atoms with Crippen LogP contribution in [-0.2, 0) is 0 Å². The first-order valence-corrected chi connectivity index (χ1v) is 2.35. The van der Waals surface area contributed by atoms with E-state index in [1.165, 1.54) is 0 Å². The molecule has 0 spiro atoms. The average Bonchev–Trinajstić information content (AvgIpc) is 1.87. The lowest BCUT2D eigenvalue weighted by Gasteiger charge is -1.80. The topological polar surface area (TPSA) is 24.7 Å². The molecule has 1 aliphatic rings. The fourth-order valence-electron chi connectivity index (χ4n) is 0.612. The van der Waals surface area contributed by atoms with Gasteiger partial charge in [-0.25, -0.2) is 0 Å². The van der Waals surface area contributed by atoms with Gasteiger partial charge in [0.05, 0.1) is 0 Å². The van der Waals surface area contributed by atoms with Crippen molar-refractivity contribution in [2.75, 3.05) is 0 Å². The Labute approximate surface area is 43.0 Å². The molecule has 38 valence electrons. The molecule has 1 heterocycles. The van der Waals surface area contributed by atoms with Gasteiger partial charge in [-0.1, -0.05) is 0 Å². The summed E-state index contributed by atoms with van der Waals surface area (Å²) < 4.78 is 0. The summed E-state index contributed by atoms with van der Waals surface area (Å²) in [5.41, 5.74) is 2.25. The van der Waals surface area contributed by atoms with Crippen LogP contribution in [0.1, 0.15) is 20.3 Å². The van der Waals surface area contributed by atoms with Crippen molar-refractivity contribution in [3.05, 3.63) is 0 Å². The third kappa shape index (κ3) is 0.856. The van der Waals surface area contributed by atoms with E-state index in [-0.39, 0.29) is 0 Å². The molecule has 0 amide bonds. The highest BCUT2D eigenvalue weighted by Gasteiger charge is 1.99. The van der Waals surface area contributed by atoms with E-state index in [0.29, 0.717) is 0 Å². The average molecular weight is 96.1 g/mol. The third-order valence-electron chi connectivity index (χ3n) is 0.903. The summed E-state index contributed by atoms with van der Waals surface area (Å²) in [7, 11) is 0. The lowest BCUT2D eigenvalue weighted by Crippen LogP contribution is -1.90. The van der Waals surface area contributed by atoms with Crippen molar-refractivity contribution in [3.8, 4) is 0 Å². The van der Waals surface area contributed by atoms with Gasteiger partial charge in [-0.3, -0.25) is 0 Å². The van der Waals surface area contributed by atoms with Crippen molar-refractivity contribution in [3.63, 3.8) is 0 Å². The molecule has 0 saturated carbocycles. The highest BCUT2D eigenvalue weighted by atomic mass is 15.2. The maximum absolute atomic E-state index is 3.82. The Kier molecular flexibility index (Phi) is 0.929. The summed E-state index contributed by atoms with van der Waals surface area (Å²) in [5.74, 6) is 0. The van der Waals surface area contributed by atoms with Gasteiger partial charge in [0, 0.05) is 17.8 Å². The van der Waals surface area contributed by atoms with E-state index < -0.39 is 0 Å². The van der Waals surface area contributed by atoms with E-state index in [4.69, 9.17) is 0 Å². The Balaban J connectivity index is 2.61. The molecule has 2 nitrogen and oxygen atoms in total. The smallest absolute Gasteiger partial charge is 0.0431 e. The SMILES string of the molecule is CC1=NN=C(C)C1. The van der Waals surface area contributed by atoms with Crippen LogP contribution in [0.2, 0.25) is 0 Å². The highest BCUT2D eigenvalue weighted by Crippen LogP contribution is 1.98. The molecule has 0 N–H and O–H groups in total. The number of hydrogen-bond donors (Lipinski definition) is 0. The molecule has 0 saturated heterocycles.